The zero-order valence-corrected chi connectivity index (χ0v) is 18.3. The molecule has 160 valence electrons. The smallest absolute Gasteiger partial charge is 0.262 e. The molecule has 8 heteroatoms. The van der Waals surface area contributed by atoms with Gasteiger partial charge in [-0.1, -0.05) is 41.9 Å². The van der Waals surface area contributed by atoms with Gasteiger partial charge in [0.05, 0.1) is 5.56 Å². The fraction of sp³-hybridized carbons (Fsp3) is 0.217. The molecule has 31 heavy (non-hydrogen) atoms. The van der Waals surface area contributed by atoms with E-state index in [9.17, 15) is 9.59 Å². The Morgan fingerprint density at radius 3 is 2.58 bits per heavy atom. The van der Waals surface area contributed by atoms with Gasteiger partial charge in [-0.05, 0) is 41.8 Å². The van der Waals surface area contributed by atoms with E-state index in [2.05, 4.69) is 22.3 Å². The molecule has 0 spiro atoms. The largest absolute Gasteiger partial charge is 0.484 e. The SMILES string of the molecule is NC(=O)c1c(NC(=O)COc2ccc(Cl)cc2)sc2c1CCN(Cc1ccccc1)C2. The molecule has 0 radical (unpaired) electrons. The summed E-state index contributed by atoms with van der Waals surface area (Å²) in [4.78, 5) is 28.0. The number of primary amides is 1. The number of carbonyl (C=O) groups excluding carboxylic acids is 2. The molecule has 0 bridgehead atoms. The second kappa shape index (κ2) is 9.51. The number of halogens is 1. The maximum atomic E-state index is 12.4. The van der Waals surface area contributed by atoms with E-state index < -0.39 is 5.91 Å². The number of nitrogens with zero attached hydrogens (tertiary/aromatic N) is 1. The Kier molecular flexibility index (Phi) is 6.56. The molecule has 0 saturated heterocycles. The molecule has 1 aliphatic heterocycles. The van der Waals surface area contributed by atoms with Crippen LogP contribution in [-0.4, -0.2) is 29.9 Å². The maximum absolute atomic E-state index is 12.4. The Balaban J connectivity index is 1.44. The Morgan fingerprint density at radius 2 is 1.87 bits per heavy atom. The predicted molar refractivity (Wildman–Crippen MR) is 123 cm³/mol. The number of hydrogen-bond acceptors (Lipinski definition) is 5. The van der Waals surface area contributed by atoms with Gasteiger partial charge in [-0.3, -0.25) is 14.5 Å². The first-order chi connectivity index (χ1) is 15.0. The minimum absolute atomic E-state index is 0.178. The summed E-state index contributed by atoms with van der Waals surface area (Å²) in [5.74, 6) is -0.336. The molecule has 4 rings (SSSR count). The summed E-state index contributed by atoms with van der Waals surface area (Å²) < 4.78 is 5.49. The van der Waals surface area contributed by atoms with E-state index in [4.69, 9.17) is 22.1 Å². The average molecular weight is 456 g/mol. The van der Waals surface area contributed by atoms with Gasteiger partial charge in [0.15, 0.2) is 6.61 Å². The van der Waals surface area contributed by atoms with Crippen molar-refractivity contribution in [2.75, 3.05) is 18.5 Å². The Bertz CT molecular complexity index is 1080. The number of fused-ring (bicyclic) bond motifs is 1. The van der Waals surface area contributed by atoms with E-state index in [1.165, 1.54) is 16.9 Å². The molecule has 2 heterocycles. The van der Waals surface area contributed by atoms with Gasteiger partial charge in [0.2, 0.25) is 0 Å². The molecule has 0 aliphatic carbocycles. The number of nitrogens with one attached hydrogen (secondary N) is 1. The van der Waals surface area contributed by atoms with Crippen LogP contribution in [0.15, 0.2) is 54.6 Å². The van der Waals surface area contributed by atoms with E-state index in [1.807, 2.05) is 18.2 Å². The van der Waals surface area contributed by atoms with Crippen molar-refractivity contribution >= 4 is 39.8 Å². The third kappa shape index (κ3) is 5.25. The zero-order chi connectivity index (χ0) is 21.8. The molecule has 0 saturated carbocycles. The number of anilines is 1. The molecule has 0 unspecified atom stereocenters. The van der Waals surface area contributed by atoms with E-state index >= 15 is 0 Å². The first-order valence-electron chi connectivity index (χ1n) is 9.88. The molecular weight excluding hydrogens is 434 g/mol. The van der Waals surface area contributed by atoms with E-state index in [0.717, 1.165) is 23.5 Å². The fourth-order valence-electron chi connectivity index (χ4n) is 3.62. The fourth-order valence-corrected chi connectivity index (χ4v) is 5.06. The molecule has 0 atom stereocenters. The third-order valence-corrected chi connectivity index (χ3v) is 6.45. The predicted octanol–water partition coefficient (Wildman–Crippen LogP) is 4.08. The van der Waals surface area contributed by atoms with Crippen LogP contribution in [0.1, 0.15) is 26.4 Å². The van der Waals surface area contributed by atoms with Crippen molar-refractivity contribution in [1.29, 1.82) is 0 Å². The summed E-state index contributed by atoms with van der Waals surface area (Å²) in [6.07, 6.45) is 0.716. The summed E-state index contributed by atoms with van der Waals surface area (Å²) in [6, 6.07) is 17.0. The number of hydrogen-bond donors (Lipinski definition) is 2. The van der Waals surface area contributed by atoms with Crippen LogP contribution in [0.4, 0.5) is 5.00 Å². The lowest BCUT2D eigenvalue weighted by Gasteiger charge is -2.27. The van der Waals surface area contributed by atoms with Crippen molar-refractivity contribution < 1.29 is 14.3 Å². The monoisotopic (exact) mass is 455 g/mol. The summed E-state index contributed by atoms with van der Waals surface area (Å²) in [6.45, 7) is 2.20. The van der Waals surface area contributed by atoms with Gasteiger partial charge in [-0.15, -0.1) is 11.3 Å². The summed E-state index contributed by atoms with van der Waals surface area (Å²) in [5.41, 5.74) is 8.25. The highest BCUT2D eigenvalue weighted by Crippen LogP contribution is 2.37. The molecule has 1 aliphatic rings. The average Bonchev–Trinajstić information content (AvgIpc) is 3.11. The summed E-state index contributed by atoms with van der Waals surface area (Å²) >= 11 is 7.26. The second-order valence-electron chi connectivity index (χ2n) is 7.31. The van der Waals surface area contributed by atoms with Gasteiger partial charge in [-0.2, -0.15) is 0 Å². The Labute approximate surface area is 189 Å². The van der Waals surface area contributed by atoms with Crippen LogP contribution in [0.25, 0.3) is 0 Å². The molecule has 3 aromatic rings. The number of amides is 2. The Hall–Kier alpha value is -2.87. The van der Waals surface area contributed by atoms with Crippen molar-refractivity contribution in [2.24, 2.45) is 5.73 Å². The number of benzene rings is 2. The maximum Gasteiger partial charge on any atom is 0.262 e. The van der Waals surface area contributed by atoms with Crippen molar-refractivity contribution in [3.8, 4) is 5.75 Å². The summed E-state index contributed by atoms with van der Waals surface area (Å²) in [5, 5.41) is 3.89. The highest BCUT2D eigenvalue weighted by Gasteiger charge is 2.27. The van der Waals surface area contributed by atoms with Gasteiger partial charge >= 0.3 is 0 Å². The first-order valence-corrected chi connectivity index (χ1v) is 11.1. The molecule has 2 amide bonds. The molecular formula is C23H22ClN3O3S. The van der Waals surface area contributed by atoms with Gasteiger partial charge in [-0.25, -0.2) is 0 Å². The van der Waals surface area contributed by atoms with Crippen LogP contribution in [0.5, 0.6) is 5.75 Å². The van der Waals surface area contributed by atoms with E-state index in [-0.39, 0.29) is 12.5 Å². The Morgan fingerprint density at radius 1 is 1.13 bits per heavy atom. The lowest BCUT2D eigenvalue weighted by atomic mass is 10.0. The normalized spacial score (nSPS) is 13.5. The molecule has 3 N–H and O–H groups in total. The topological polar surface area (TPSA) is 84.7 Å². The van der Waals surface area contributed by atoms with Crippen LogP contribution < -0.4 is 15.8 Å². The van der Waals surface area contributed by atoms with Crippen molar-refractivity contribution in [3.63, 3.8) is 0 Å². The number of ether oxygens (including phenoxy) is 1. The quantitative estimate of drug-likeness (QED) is 0.562. The van der Waals surface area contributed by atoms with Crippen molar-refractivity contribution in [3.05, 3.63) is 81.2 Å². The zero-order valence-electron chi connectivity index (χ0n) is 16.8. The van der Waals surface area contributed by atoms with Crippen LogP contribution in [0.2, 0.25) is 5.02 Å². The van der Waals surface area contributed by atoms with Crippen LogP contribution in [0.3, 0.4) is 0 Å². The van der Waals surface area contributed by atoms with Crippen molar-refractivity contribution in [2.45, 2.75) is 19.5 Å². The highest BCUT2D eigenvalue weighted by atomic mass is 35.5. The van der Waals surface area contributed by atoms with Gasteiger partial charge in [0.1, 0.15) is 10.8 Å². The van der Waals surface area contributed by atoms with Crippen LogP contribution in [-0.2, 0) is 24.3 Å². The number of rotatable bonds is 7. The standard InChI is InChI=1S/C23H22ClN3O3S/c24-16-6-8-17(9-7-16)30-14-20(28)26-23-21(22(25)29)18-10-11-27(13-19(18)31-23)12-15-4-2-1-3-5-15/h1-9H,10-14H2,(H2,25,29)(H,26,28). The van der Waals surface area contributed by atoms with Crippen LogP contribution in [0, 0.1) is 0 Å². The van der Waals surface area contributed by atoms with E-state index in [0.29, 0.717) is 34.3 Å². The van der Waals surface area contributed by atoms with Gasteiger partial charge in [0.25, 0.3) is 11.8 Å². The highest BCUT2D eigenvalue weighted by molar-refractivity contribution is 7.17. The van der Waals surface area contributed by atoms with Crippen LogP contribution >= 0.6 is 22.9 Å². The van der Waals surface area contributed by atoms with Crippen molar-refractivity contribution in [1.82, 2.24) is 4.90 Å². The number of carbonyl (C=O) groups is 2. The van der Waals surface area contributed by atoms with Gasteiger partial charge < -0.3 is 15.8 Å². The number of thiophene rings is 1. The lowest BCUT2D eigenvalue weighted by Crippen LogP contribution is -2.30. The van der Waals surface area contributed by atoms with Gasteiger partial charge in [0, 0.05) is 29.5 Å². The molecule has 6 nitrogen and oxygen atoms in total. The molecule has 1 aromatic heterocycles. The number of nitrogens with two attached hydrogens (primary N) is 1. The minimum Gasteiger partial charge on any atom is -0.484 e. The molecule has 0 fully saturated rings. The van der Waals surface area contributed by atoms with E-state index in [1.54, 1.807) is 24.3 Å². The third-order valence-electron chi connectivity index (χ3n) is 5.07. The first kappa shape index (κ1) is 21.4. The second-order valence-corrected chi connectivity index (χ2v) is 8.85. The minimum atomic E-state index is -0.525. The lowest BCUT2D eigenvalue weighted by molar-refractivity contribution is -0.118. The molecule has 2 aromatic carbocycles. The summed E-state index contributed by atoms with van der Waals surface area (Å²) in [7, 11) is 0.